The standard InChI is InChI=1S/C44H27ClN4/c45-31-12-10-11-30(25-31)43-46-38-18-7-4-17-35(38)44(47-43)49-40-20-9-6-16-34(40)37-27-29(22-24-42(37)49)28-21-23-41-36(26-28)33-15-5-8-19-39(33)48(41)32-13-2-1-3-14-32/h1-27H. The van der Waals surface area contributed by atoms with Crippen LogP contribution in [0.4, 0.5) is 0 Å². The van der Waals surface area contributed by atoms with Gasteiger partial charge in [0.25, 0.3) is 0 Å². The molecule has 3 aromatic heterocycles. The average molecular weight is 647 g/mol. The molecule has 5 heteroatoms. The van der Waals surface area contributed by atoms with Crippen LogP contribution in [-0.2, 0) is 0 Å². The van der Waals surface area contributed by atoms with E-state index in [4.69, 9.17) is 21.6 Å². The van der Waals surface area contributed by atoms with Crippen molar-refractivity contribution in [3.63, 3.8) is 0 Å². The van der Waals surface area contributed by atoms with Crippen molar-refractivity contribution in [3.8, 4) is 34.0 Å². The van der Waals surface area contributed by atoms with E-state index in [1.54, 1.807) is 0 Å². The van der Waals surface area contributed by atoms with Gasteiger partial charge < -0.3 is 4.57 Å². The van der Waals surface area contributed by atoms with Crippen LogP contribution < -0.4 is 0 Å². The summed E-state index contributed by atoms with van der Waals surface area (Å²) in [6.45, 7) is 0. The van der Waals surface area contributed by atoms with Crippen LogP contribution in [0.15, 0.2) is 164 Å². The van der Waals surface area contributed by atoms with E-state index in [1.807, 2.05) is 42.5 Å². The molecule has 7 aromatic carbocycles. The van der Waals surface area contributed by atoms with Crippen LogP contribution in [0, 0.1) is 0 Å². The molecular weight excluding hydrogens is 620 g/mol. The normalized spacial score (nSPS) is 11.8. The smallest absolute Gasteiger partial charge is 0.162 e. The number of halogens is 1. The molecule has 0 radical (unpaired) electrons. The maximum Gasteiger partial charge on any atom is 0.162 e. The van der Waals surface area contributed by atoms with Crippen molar-refractivity contribution in [2.24, 2.45) is 0 Å². The first-order chi connectivity index (χ1) is 24.2. The fraction of sp³-hybridized carbons (Fsp3) is 0. The van der Waals surface area contributed by atoms with Crippen LogP contribution in [0.2, 0.25) is 5.02 Å². The molecule has 0 aliphatic rings. The molecule has 0 N–H and O–H groups in total. The van der Waals surface area contributed by atoms with E-state index in [1.165, 1.54) is 43.7 Å². The Morgan fingerprint density at radius 3 is 1.65 bits per heavy atom. The van der Waals surface area contributed by atoms with Gasteiger partial charge in [0.1, 0.15) is 5.82 Å². The van der Waals surface area contributed by atoms with Crippen LogP contribution in [0.3, 0.4) is 0 Å². The molecule has 0 atom stereocenters. The molecule has 0 unspecified atom stereocenters. The molecule has 0 aliphatic heterocycles. The Morgan fingerprint density at radius 2 is 0.959 bits per heavy atom. The summed E-state index contributed by atoms with van der Waals surface area (Å²) in [4.78, 5) is 10.2. The lowest BCUT2D eigenvalue weighted by Gasteiger charge is -2.13. The molecule has 0 saturated heterocycles. The fourth-order valence-corrected chi connectivity index (χ4v) is 7.57. The molecule has 0 spiro atoms. The number of fused-ring (bicyclic) bond motifs is 7. The first-order valence-corrected chi connectivity index (χ1v) is 16.7. The maximum absolute atomic E-state index is 6.40. The summed E-state index contributed by atoms with van der Waals surface area (Å²) in [6.07, 6.45) is 0. The van der Waals surface area contributed by atoms with Crippen molar-refractivity contribution in [2.75, 3.05) is 0 Å². The number of rotatable bonds is 4. The summed E-state index contributed by atoms with van der Waals surface area (Å²) in [7, 11) is 0. The average Bonchev–Trinajstić information content (AvgIpc) is 3.67. The first-order valence-electron chi connectivity index (χ1n) is 16.4. The fourth-order valence-electron chi connectivity index (χ4n) is 7.38. The van der Waals surface area contributed by atoms with Gasteiger partial charge in [-0.2, -0.15) is 0 Å². The number of hydrogen-bond donors (Lipinski definition) is 0. The molecule has 0 aliphatic carbocycles. The minimum Gasteiger partial charge on any atom is -0.309 e. The molecule has 0 amide bonds. The Labute approximate surface area is 287 Å². The first kappa shape index (κ1) is 27.8. The number of aromatic nitrogens is 4. The maximum atomic E-state index is 6.40. The molecule has 4 nitrogen and oxygen atoms in total. The zero-order valence-corrected chi connectivity index (χ0v) is 27.0. The summed E-state index contributed by atoms with van der Waals surface area (Å²) in [5.41, 5.74) is 9.85. The van der Waals surface area contributed by atoms with Crippen LogP contribution in [-0.4, -0.2) is 19.1 Å². The number of benzene rings is 7. The second kappa shape index (κ2) is 10.9. The van der Waals surface area contributed by atoms with Gasteiger partial charge in [-0.3, -0.25) is 4.57 Å². The Morgan fingerprint density at radius 1 is 0.388 bits per heavy atom. The van der Waals surface area contributed by atoms with E-state index in [0.717, 1.165) is 39.0 Å². The monoisotopic (exact) mass is 646 g/mol. The number of nitrogens with zero attached hydrogens (tertiary/aromatic N) is 4. The number of hydrogen-bond acceptors (Lipinski definition) is 2. The molecule has 0 bridgehead atoms. The van der Waals surface area contributed by atoms with Gasteiger partial charge in [0.2, 0.25) is 0 Å². The number of para-hydroxylation sites is 4. The highest BCUT2D eigenvalue weighted by molar-refractivity contribution is 6.30. The SMILES string of the molecule is Clc1cccc(-c2nc(-n3c4ccccc4c4cc(-c5ccc6c(c5)c5ccccc5n6-c5ccccc5)ccc43)c3ccccc3n2)c1. The molecular formula is C44H27ClN4. The highest BCUT2D eigenvalue weighted by atomic mass is 35.5. The van der Waals surface area contributed by atoms with Gasteiger partial charge in [-0.1, -0.05) is 103 Å². The molecule has 0 fully saturated rings. The van der Waals surface area contributed by atoms with Crippen LogP contribution in [0.5, 0.6) is 0 Å². The van der Waals surface area contributed by atoms with E-state index in [-0.39, 0.29) is 0 Å². The van der Waals surface area contributed by atoms with Gasteiger partial charge in [-0.05, 0) is 83.9 Å². The van der Waals surface area contributed by atoms with Crippen LogP contribution >= 0.6 is 11.6 Å². The molecule has 230 valence electrons. The Bertz CT molecular complexity index is 2900. The van der Waals surface area contributed by atoms with Gasteiger partial charge in [0, 0.05) is 43.2 Å². The van der Waals surface area contributed by atoms with Crippen molar-refractivity contribution in [2.45, 2.75) is 0 Å². The minimum atomic E-state index is 0.640. The quantitative estimate of drug-likeness (QED) is 0.191. The van der Waals surface area contributed by atoms with Gasteiger partial charge >= 0.3 is 0 Å². The van der Waals surface area contributed by atoms with Crippen LogP contribution in [0.1, 0.15) is 0 Å². The summed E-state index contributed by atoms with van der Waals surface area (Å²) >= 11 is 6.40. The molecule has 49 heavy (non-hydrogen) atoms. The van der Waals surface area contributed by atoms with E-state index < -0.39 is 0 Å². The summed E-state index contributed by atoms with van der Waals surface area (Å²) in [6, 6.07) is 57.4. The van der Waals surface area contributed by atoms with Crippen LogP contribution in [0.25, 0.3) is 88.5 Å². The van der Waals surface area contributed by atoms with Gasteiger partial charge in [-0.25, -0.2) is 9.97 Å². The lowest BCUT2D eigenvalue weighted by molar-refractivity contribution is 1.08. The van der Waals surface area contributed by atoms with Crippen molar-refractivity contribution < 1.29 is 0 Å². The third-order valence-electron chi connectivity index (χ3n) is 9.57. The molecule has 10 aromatic rings. The lowest BCUT2D eigenvalue weighted by atomic mass is 10.0. The minimum absolute atomic E-state index is 0.640. The summed E-state index contributed by atoms with van der Waals surface area (Å²) < 4.78 is 4.64. The van der Waals surface area contributed by atoms with Gasteiger partial charge in [-0.15, -0.1) is 0 Å². The Kier molecular flexibility index (Phi) is 6.20. The highest BCUT2D eigenvalue weighted by Crippen LogP contribution is 2.39. The zero-order chi connectivity index (χ0) is 32.5. The third-order valence-corrected chi connectivity index (χ3v) is 9.81. The van der Waals surface area contributed by atoms with Crippen molar-refractivity contribution in [1.29, 1.82) is 0 Å². The lowest BCUT2D eigenvalue weighted by Crippen LogP contribution is -2.02. The molecule has 10 rings (SSSR count). The summed E-state index contributed by atoms with van der Waals surface area (Å²) in [5, 5.41) is 6.47. The Balaban J connectivity index is 1.19. The molecule has 3 heterocycles. The second-order valence-corrected chi connectivity index (χ2v) is 12.8. The van der Waals surface area contributed by atoms with Gasteiger partial charge in [0.15, 0.2) is 5.82 Å². The predicted molar refractivity (Wildman–Crippen MR) is 204 cm³/mol. The largest absolute Gasteiger partial charge is 0.309 e. The third kappa shape index (κ3) is 4.38. The topological polar surface area (TPSA) is 35.6 Å². The van der Waals surface area contributed by atoms with E-state index >= 15 is 0 Å². The zero-order valence-electron chi connectivity index (χ0n) is 26.3. The van der Waals surface area contributed by atoms with E-state index in [2.05, 4.69) is 130 Å². The van der Waals surface area contributed by atoms with Crippen molar-refractivity contribution >= 4 is 66.1 Å². The second-order valence-electron chi connectivity index (χ2n) is 12.4. The Hall–Kier alpha value is -6.23. The predicted octanol–water partition coefficient (Wildman–Crippen LogP) is 11.8. The van der Waals surface area contributed by atoms with Crippen molar-refractivity contribution in [1.82, 2.24) is 19.1 Å². The van der Waals surface area contributed by atoms with E-state index in [9.17, 15) is 0 Å². The highest BCUT2D eigenvalue weighted by Gasteiger charge is 2.19. The summed E-state index contributed by atoms with van der Waals surface area (Å²) in [5.74, 6) is 1.48. The molecule has 0 saturated carbocycles. The van der Waals surface area contributed by atoms with Gasteiger partial charge in [0.05, 0.1) is 27.6 Å². The van der Waals surface area contributed by atoms with Crippen molar-refractivity contribution in [3.05, 3.63) is 169 Å². The van der Waals surface area contributed by atoms with E-state index in [0.29, 0.717) is 10.8 Å².